The van der Waals surface area contributed by atoms with E-state index >= 15 is 0 Å². The molecule has 1 aliphatic heterocycles. The van der Waals surface area contributed by atoms with Crippen molar-refractivity contribution in [1.82, 2.24) is 20.5 Å². The van der Waals surface area contributed by atoms with Crippen LogP contribution < -0.4 is 10.6 Å². The summed E-state index contributed by atoms with van der Waals surface area (Å²) in [5.41, 5.74) is 1.15. The zero-order chi connectivity index (χ0) is 18.0. The van der Waals surface area contributed by atoms with Crippen LogP contribution in [0.4, 0.5) is 0 Å². The highest BCUT2D eigenvalue weighted by molar-refractivity contribution is 5.80. The number of likely N-dealkylation sites (tertiary alicyclic amines) is 1. The lowest BCUT2D eigenvalue weighted by Crippen LogP contribution is -2.48. The molecule has 0 bridgehead atoms. The van der Waals surface area contributed by atoms with Gasteiger partial charge in [0.1, 0.15) is 5.76 Å². The average Bonchev–Trinajstić information content (AvgIpc) is 3.18. The molecule has 0 saturated carbocycles. The van der Waals surface area contributed by atoms with Gasteiger partial charge in [-0.2, -0.15) is 0 Å². The number of piperidine rings is 1. The maximum atomic E-state index is 5.37. The van der Waals surface area contributed by atoms with Gasteiger partial charge in [0.05, 0.1) is 12.0 Å². The predicted molar refractivity (Wildman–Crippen MR) is 104 cm³/mol. The van der Waals surface area contributed by atoms with Gasteiger partial charge in [0, 0.05) is 51.4 Å². The van der Waals surface area contributed by atoms with Crippen LogP contribution in [0.25, 0.3) is 0 Å². The minimum absolute atomic E-state index is 0.469. The lowest BCUT2D eigenvalue weighted by molar-refractivity contribution is 0.196. The van der Waals surface area contributed by atoms with Crippen molar-refractivity contribution < 1.29 is 4.42 Å². The number of furan rings is 1. The summed E-state index contributed by atoms with van der Waals surface area (Å²) >= 11 is 0. The quantitative estimate of drug-likeness (QED) is 0.590. The highest BCUT2D eigenvalue weighted by Crippen LogP contribution is 2.13. The van der Waals surface area contributed by atoms with Crippen LogP contribution in [0.1, 0.15) is 31.2 Å². The van der Waals surface area contributed by atoms with Crippen molar-refractivity contribution in [2.24, 2.45) is 4.99 Å². The molecule has 0 radical (unpaired) electrons. The van der Waals surface area contributed by atoms with E-state index in [2.05, 4.69) is 44.6 Å². The van der Waals surface area contributed by atoms with Crippen molar-refractivity contribution in [2.75, 3.05) is 26.2 Å². The van der Waals surface area contributed by atoms with E-state index in [0.717, 1.165) is 69.4 Å². The lowest BCUT2D eigenvalue weighted by Gasteiger charge is -2.32. The van der Waals surface area contributed by atoms with Gasteiger partial charge in [0.2, 0.25) is 0 Å². The summed E-state index contributed by atoms with van der Waals surface area (Å²) in [4.78, 5) is 11.6. The number of rotatable bonds is 7. The molecule has 0 aliphatic carbocycles. The van der Waals surface area contributed by atoms with E-state index in [0.29, 0.717) is 6.04 Å². The maximum Gasteiger partial charge on any atom is 0.191 e. The lowest BCUT2D eigenvalue weighted by atomic mass is 10.0. The van der Waals surface area contributed by atoms with Crippen LogP contribution in [-0.4, -0.2) is 48.1 Å². The van der Waals surface area contributed by atoms with Crippen molar-refractivity contribution >= 4 is 5.96 Å². The summed E-state index contributed by atoms with van der Waals surface area (Å²) in [7, 11) is 0. The van der Waals surface area contributed by atoms with Crippen LogP contribution in [-0.2, 0) is 13.0 Å². The molecular formula is C20H29N5O. The van der Waals surface area contributed by atoms with Gasteiger partial charge in [0.15, 0.2) is 5.96 Å². The molecule has 1 saturated heterocycles. The monoisotopic (exact) mass is 355 g/mol. The molecule has 3 heterocycles. The smallest absolute Gasteiger partial charge is 0.191 e. The molecule has 0 spiro atoms. The molecule has 0 unspecified atom stereocenters. The number of pyridine rings is 1. The van der Waals surface area contributed by atoms with Crippen LogP contribution in [0.3, 0.4) is 0 Å². The molecule has 0 atom stereocenters. The van der Waals surface area contributed by atoms with E-state index in [1.165, 1.54) is 0 Å². The first-order valence-electron chi connectivity index (χ1n) is 9.53. The van der Waals surface area contributed by atoms with Crippen molar-refractivity contribution in [3.8, 4) is 0 Å². The first kappa shape index (κ1) is 18.5. The zero-order valence-electron chi connectivity index (χ0n) is 15.5. The number of hydrogen-bond acceptors (Lipinski definition) is 4. The van der Waals surface area contributed by atoms with Gasteiger partial charge in [-0.1, -0.05) is 6.07 Å². The number of guanidine groups is 1. The molecule has 1 aliphatic rings. The van der Waals surface area contributed by atoms with E-state index in [-0.39, 0.29) is 0 Å². The van der Waals surface area contributed by atoms with E-state index in [9.17, 15) is 0 Å². The highest BCUT2D eigenvalue weighted by Gasteiger charge is 2.20. The Labute approximate surface area is 155 Å². The second-order valence-electron chi connectivity index (χ2n) is 6.61. The summed E-state index contributed by atoms with van der Waals surface area (Å²) in [5.74, 6) is 1.88. The third-order valence-corrected chi connectivity index (χ3v) is 4.59. The third-order valence-electron chi connectivity index (χ3n) is 4.59. The second-order valence-corrected chi connectivity index (χ2v) is 6.61. The van der Waals surface area contributed by atoms with Gasteiger partial charge in [-0.3, -0.25) is 14.9 Å². The van der Waals surface area contributed by atoms with Crippen LogP contribution in [0, 0.1) is 0 Å². The molecule has 3 rings (SSSR count). The van der Waals surface area contributed by atoms with Gasteiger partial charge in [-0.05, 0) is 44.0 Å². The summed E-state index contributed by atoms with van der Waals surface area (Å²) in [5, 5.41) is 6.93. The fraction of sp³-hybridized carbons (Fsp3) is 0.500. The molecule has 6 heteroatoms. The van der Waals surface area contributed by atoms with Crippen LogP contribution in [0.2, 0.25) is 0 Å². The van der Waals surface area contributed by atoms with Crippen LogP contribution in [0.15, 0.2) is 52.2 Å². The van der Waals surface area contributed by atoms with Crippen molar-refractivity contribution in [2.45, 2.75) is 38.8 Å². The third kappa shape index (κ3) is 5.88. The van der Waals surface area contributed by atoms with Crippen molar-refractivity contribution in [3.63, 3.8) is 0 Å². The van der Waals surface area contributed by atoms with Crippen LogP contribution >= 0.6 is 0 Å². The topological polar surface area (TPSA) is 65.7 Å². The largest absolute Gasteiger partial charge is 0.469 e. The molecule has 2 aromatic heterocycles. The number of aromatic nitrogens is 1. The van der Waals surface area contributed by atoms with E-state index in [1.807, 2.05) is 24.4 Å². The maximum absolute atomic E-state index is 5.37. The zero-order valence-corrected chi connectivity index (χ0v) is 15.5. The standard InChI is InChI=1S/C20H29N5O/c1-2-21-20(23-12-8-19-7-5-15-26-19)24-17-9-13-25(14-10-17)16-18-6-3-4-11-22-18/h3-7,11,15,17H,2,8-10,12-14,16H2,1H3,(H2,21,23,24). The fourth-order valence-electron chi connectivity index (χ4n) is 3.20. The molecule has 26 heavy (non-hydrogen) atoms. The Morgan fingerprint density at radius 3 is 2.85 bits per heavy atom. The van der Waals surface area contributed by atoms with Crippen molar-refractivity contribution in [3.05, 3.63) is 54.2 Å². The molecular weight excluding hydrogens is 326 g/mol. The highest BCUT2D eigenvalue weighted by atomic mass is 16.3. The minimum Gasteiger partial charge on any atom is -0.469 e. The van der Waals surface area contributed by atoms with E-state index in [4.69, 9.17) is 4.42 Å². The Morgan fingerprint density at radius 2 is 2.15 bits per heavy atom. The number of aliphatic imine (C=N–C) groups is 1. The molecule has 2 aromatic rings. The first-order valence-corrected chi connectivity index (χ1v) is 9.53. The molecule has 2 N–H and O–H groups in total. The normalized spacial score (nSPS) is 16.6. The molecule has 6 nitrogen and oxygen atoms in total. The molecule has 140 valence electrons. The summed E-state index contributed by atoms with van der Waals surface area (Å²) < 4.78 is 5.37. The number of nitrogens with zero attached hydrogens (tertiary/aromatic N) is 3. The Bertz CT molecular complexity index is 648. The first-order chi connectivity index (χ1) is 12.8. The molecule has 0 amide bonds. The number of nitrogens with one attached hydrogen (secondary N) is 2. The summed E-state index contributed by atoms with van der Waals surface area (Å²) in [6.45, 7) is 6.79. The fourth-order valence-corrected chi connectivity index (χ4v) is 3.20. The SMILES string of the molecule is CCNC(=NCCc1ccco1)NC1CCN(Cc2ccccn2)CC1. The predicted octanol–water partition coefficient (Wildman–Crippen LogP) is 2.44. The van der Waals surface area contributed by atoms with Crippen LogP contribution in [0.5, 0.6) is 0 Å². The van der Waals surface area contributed by atoms with E-state index in [1.54, 1.807) is 6.26 Å². The van der Waals surface area contributed by atoms with Crippen molar-refractivity contribution in [1.29, 1.82) is 0 Å². The van der Waals surface area contributed by atoms with Gasteiger partial charge < -0.3 is 15.1 Å². The molecule has 0 aromatic carbocycles. The second kappa shape index (κ2) is 9.97. The van der Waals surface area contributed by atoms with E-state index < -0.39 is 0 Å². The Morgan fingerprint density at radius 1 is 1.27 bits per heavy atom. The van der Waals surface area contributed by atoms with Gasteiger partial charge in [-0.25, -0.2) is 0 Å². The van der Waals surface area contributed by atoms with Gasteiger partial charge >= 0.3 is 0 Å². The Hall–Kier alpha value is -2.34. The minimum atomic E-state index is 0.469. The Kier molecular flexibility index (Phi) is 7.07. The average molecular weight is 355 g/mol. The van der Waals surface area contributed by atoms with Gasteiger partial charge in [-0.15, -0.1) is 0 Å². The number of hydrogen-bond donors (Lipinski definition) is 2. The molecule has 1 fully saturated rings. The van der Waals surface area contributed by atoms with Gasteiger partial charge in [0.25, 0.3) is 0 Å². The Balaban J connectivity index is 1.43. The summed E-state index contributed by atoms with van der Waals surface area (Å²) in [6.07, 6.45) is 6.64. The summed E-state index contributed by atoms with van der Waals surface area (Å²) in [6, 6.07) is 10.5.